The predicted octanol–water partition coefficient (Wildman–Crippen LogP) is 3.88. The highest BCUT2D eigenvalue weighted by Crippen LogP contribution is 2.23. The van der Waals surface area contributed by atoms with E-state index in [0.29, 0.717) is 0 Å². The van der Waals surface area contributed by atoms with Crippen molar-refractivity contribution in [2.75, 3.05) is 0 Å². The molecule has 0 amide bonds. The molecule has 2 nitrogen and oxygen atoms in total. The molecule has 0 unspecified atom stereocenters. The van der Waals surface area contributed by atoms with Crippen LogP contribution in [0.25, 0.3) is 16.6 Å². The quantitative estimate of drug-likeness (QED) is 0.647. The maximum Gasteiger partial charge on any atom is 0.0462 e. The zero-order chi connectivity index (χ0) is 12.0. The van der Waals surface area contributed by atoms with Crippen molar-refractivity contribution in [2.45, 2.75) is 20.8 Å². The summed E-state index contributed by atoms with van der Waals surface area (Å²) in [6.07, 6.45) is 2.06. The minimum Gasteiger partial charge on any atom is -0.361 e. The average molecular weight is 224 g/mol. The Morgan fingerprint density at radius 2 is 1.65 bits per heavy atom. The Morgan fingerprint density at radius 3 is 2.35 bits per heavy atom. The lowest BCUT2D eigenvalue weighted by molar-refractivity contribution is 0.968. The van der Waals surface area contributed by atoms with E-state index < -0.39 is 0 Å². The van der Waals surface area contributed by atoms with Crippen molar-refractivity contribution >= 4 is 10.9 Å². The maximum absolute atomic E-state index is 3.28. The highest BCUT2D eigenvalue weighted by atomic mass is 15.0. The third-order valence-electron chi connectivity index (χ3n) is 3.40. The van der Waals surface area contributed by atoms with Crippen LogP contribution in [0.4, 0.5) is 0 Å². The molecule has 0 atom stereocenters. The molecule has 0 fully saturated rings. The summed E-state index contributed by atoms with van der Waals surface area (Å²) in [7, 11) is 0. The fourth-order valence-electron chi connectivity index (χ4n) is 2.46. The largest absolute Gasteiger partial charge is 0.361 e. The van der Waals surface area contributed by atoms with Crippen LogP contribution in [0, 0.1) is 20.8 Å². The van der Waals surface area contributed by atoms with Gasteiger partial charge in [0.15, 0.2) is 0 Å². The third kappa shape index (κ3) is 1.48. The van der Waals surface area contributed by atoms with Crippen LogP contribution in [0.5, 0.6) is 0 Å². The van der Waals surface area contributed by atoms with Gasteiger partial charge in [0.1, 0.15) is 0 Å². The van der Waals surface area contributed by atoms with Crippen LogP contribution in [0.3, 0.4) is 0 Å². The van der Waals surface area contributed by atoms with Crippen LogP contribution in [0.1, 0.15) is 17.0 Å². The van der Waals surface area contributed by atoms with Crippen molar-refractivity contribution in [2.24, 2.45) is 0 Å². The monoisotopic (exact) mass is 224 g/mol. The standard InChI is InChI=1S/C15H16N2/c1-10-9-16-15-7-6-13(8-14(10)15)17-11(2)4-5-12(17)3/h4-9,16H,1-3H3. The van der Waals surface area contributed by atoms with Crippen LogP contribution < -0.4 is 0 Å². The van der Waals surface area contributed by atoms with Gasteiger partial charge < -0.3 is 9.55 Å². The Labute approximate surface area is 101 Å². The van der Waals surface area contributed by atoms with Gasteiger partial charge in [0.25, 0.3) is 0 Å². The topological polar surface area (TPSA) is 20.7 Å². The van der Waals surface area contributed by atoms with Gasteiger partial charge in [-0.25, -0.2) is 0 Å². The first-order chi connectivity index (χ1) is 8.16. The number of benzene rings is 1. The Kier molecular flexibility index (Phi) is 2.11. The van der Waals surface area contributed by atoms with Crippen molar-refractivity contribution in [3.8, 4) is 5.69 Å². The first-order valence-electron chi connectivity index (χ1n) is 5.90. The van der Waals surface area contributed by atoms with Gasteiger partial charge in [0.05, 0.1) is 0 Å². The lowest BCUT2D eigenvalue weighted by Gasteiger charge is -2.09. The van der Waals surface area contributed by atoms with Crippen LogP contribution >= 0.6 is 0 Å². The Balaban J connectivity index is 2.27. The van der Waals surface area contributed by atoms with E-state index in [9.17, 15) is 0 Å². The van der Waals surface area contributed by atoms with Gasteiger partial charge in [-0.3, -0.25) is 0 Å². The smallest absolute Gasteiger partial charge is 0.0462 e. The van der Waals surface area contributed by atoms with Crippen molar-refractivity contribution in [1.82, 2.24) is 9.55 Å². The fourth-order valence-corrected chi connectivity index (χ4v) is 2.46. The molecule has 2 aromatic heterocycles. The lowest BCUT2D eigenvalue weighted by atomic mass is 10.1. The van der Waals surface area contributed by atoms with Crippen molar-refractivity contribution in [3.63, 3.8) is 0 Å². The number of rotatable bonds is 1. The van der Waals surface area contributed by atoms with Gasteiger partial charge in [-0.15, -0.1) is 0 Å². The van der Waals surface area contributed by atoms with Gasteiger partial charge in [-0.1, -0.05) is 0 Å². The van der Waals surface area contributed by atoms with E-state index in [1.54, 1.807) is 0 Å². The van der Waals surface area contributed by atoms with E-state index in [2.05, 4.69) is 66.9 Å². The van der Waals surface area contributed by atoms with Gasteiger partial charge >= 0.3 is 0 Å². The Hall–Kier alpha value is -1.96. The number of hydrogen-bond acceptors (Lipinski definition) is 0. The number of nitrogens with zero attached hydrogens (tertiary/aromatic N) is 1. The second kappa shape index (κ2) is 3.52. The van der Waals surface area contributed by atoms with Crippen molar-refractivity contribution in [3.05, 3.63) is 53.5 Å². The molecular formula is C15H16N2. The lowest BCUT2D eigenvalue weighted by Crippen LogP contribution is -1.98. The third-order valence-corrected chi connectivity index (χ3v) is 3.40. The molecule has 3 aromatic rings. The van der Waals surface area contributed by atoms with E-state index in [1.807, 2.05) is 0 Å². The highest BCUT2D eigenvalue weighted by molar-refractivity contribution is 5.85. The predicted molar refractivity (Wildman–Crippen MR) is 71.8 cm³/mol. The van der Waals surface area contributed by atoms with Gasteiger partial charge in [0.2, 0.25) is 0 Å². The highest BCUT2D eigenvalue weighted by Gasteiger charge is 2.06. The van der Waals surface area contributed by atoms with Crippen molar-refractivity contribution in [1.29, 1.82) is 0 Å². The normalized spacial score (nSPS) is 11.2. The van der Waals surface area contributed by atoms with Crippen molar-refractivity contribution < 1.29 is 0 Å². The molecule has 0 saturated carbocycles. The number of H-pyrrole nitrogens is 1. The molecule has 1 N–H and O–H groups in total. The average Bonchev–Trinajstić information content (AvgIpc) is 2.84. The van der Waals surface area contributed by atoms with Crippen LogP contribution in [0.15, 0.2) is 36.5 Å². The summed E-state index contributed by atoms with van der Waals surface area (Å²) in [5, 5.41) is 1.30. The second-order valence-corrected chi connectivity index (χ2v) is 4.65. The number of aromatic nitrogens is 2. The zero-order valence-electron chi connectivity index (χ0n) is 10.4. The minimum absolute atomic E-state index is 1.20. The zero-order valence-corrected chi connectivity index (χ0v) is 10.4. The molecule has 2 heteroatoms. The van der Waals surface area contributed by atoms with E-state index in [1.165, 1.54) is 33.5 Å². The van der Waals surface area contributed by atoms with Crippen LogP contribution in [0.2, 0.25) is 0 Å². The van der Waals surface area contributed by atoms with E-state index in [0.717, 1.165) is 0 Å². The van der Waals surface area contributed by atoms with E-state index in [4.69, 9.17) is 0 Å². The van der Waals surface area contributed by atoms with Crippen LogP contribution in [-0.2, 0) is 0 Å². The molecule has 0 aliphatic carbocycles. The van der Waals surface area contributed by atoms with E-state index >= 15 is 0 Å². The number of fused-ring (bicyclic) bond motifs is 1. The summed E-state index contributed by atoms with van der Waals surface area (Å²) in [5.41, 5.74) is 6.28. The SMILES string of the molecule is Cc1c[nH]c2ccc(-n3c(C)ccc3C)cc12. The molecule has 3 rings (SSSR count). The molecule has 86 valence electrons. The summed E-state index contributed by atoms with van der Waals surface area (Å²) in [6, 6.07) is 10.9. The molecule has 2 heterocycles. The summed E-state index contributed by atoms with van der Waals surface area (Å²) < 4.78 is 2.28. The molecule has 0 aliphatic heterocycles. The number of aryl methyl sites for hydroxylation is 3. The Morgan fingerprint density at radius 1 is 0.941 bits per heavy atom. The number of aromatic amines is 1. The van der Waals surface area contributed by atoms with Gasteiger partial charge in [-0.05, 0) is 56.7 Å². The van der Waals surface area contributed by atoms with Gasteiger partial charge in [-0.2, -0.15) is 0 Å². The molecule has 0 radical (unpaired) electrons. The number of nitrogens with one attached hydrogen (secondary N) is 1. The molecule has 1 aromatic carbocycles. The molecule has 0 bridgehead atoms. The first-order valence-corrected chi connectivity index (χ1v) is 5.90. The Bertz CT molecular complexity index is 667. The molecule has 0 spiro atoms. The molecular weight excluding hydrogens is 208 g/mol. The number of hydrogen-bond donors (Lipinski definition) is 1. The summed E-state index contributed by atoms with van der Waals surface area (Å²) in [4.78, 5) is 3.28. The van der Waals surface area contributed by atoms with Gasteiger partial charge in [0, 0.05) is 34.2 Å². The molecule has 17 heavy (non-hydrogen) atoms. The van der Waals surface area contributed by atoms with E-state index in [-0.39, 0.29) is 0 Å². The summed E-state index contributed by atoms with van der Waals surface area (Å²) >= 11 is 0. The molecule has 0 saturated heterocycles. The fraction of sp³-hybridized carbons (Fsp3) is 0.200. The maximum atomic E-state index is 3.28. The second-order valence-electron chi connectivity index (χ2n) is 4.65. The summed E-state index contributed by atoms with van der Waals surface area (Å²) in [5.74, 6) is 0. The van der Waals surface area contributed by atoms with Crippen LogP contribution in [-0.4, -0.2) is 9.55 Å². The summed E-state index contributed by atoms with van der Waals surface area (Å²) in [6.45, 7) is 6.42. The molecule has 0 aliphatic rings. The first kappa shape index (κ1) is 10.2. The minimum atomic E-state index is 1.20.